The van der Waals surface area contributed by atoms with Crippen LogP contribution in [-0.4, -0.2) is 7.11 Å². The van der Waals surface area contributed by atoms with Crippen LogP contribution in [0.25, 0.3) is 0 Å². The summed E-state index contributed by atoms with van der Waals surface area (Å²) in [5.74, 6) is 5.18. The molecular weight excluding hydrogens is 377 g/mol. The van der Waals surface area contributed by atoms with E-state index in [9.17, 15) is 8.78 Å². The van der Waals surface area contributed by atoms with Gasteiger partial charge in [0.15, 0.2) is 0 Å². The second-order valence-electron chi connectivity index (χ2n) is 4.15. The fourth-order valence-corrected chi connectivity index (χ4v) is 2.74. The molecule has 0 saturated heterocycles. The predicted octanol–water partition coefficient (Wildman–Crippen LogP) is 3.13. The van der Waals surface area contributed by atoms with Crippen LogP contribution in [-0.2, 0) is 0 Å². The fraction of sp³-hybridized carbons (Fsp3) is 0.143. The summed E-state index contributed by atoms with van der Waals surface area (Å²) >= 11 is 1.99. The molecule has 0 amide bonds. The van der Waals surface area contributed by atoms with Gasteiger partial charge in [-0.1, -0.05) is 12.1 Å². The van der Waals surface area contributed by atoms with E-state index in [0.29, 0.717) is 20.4 Å². The third-order valence-electron chi connectivity index (χ3n) is 2.96. The van der Waals surface area contributed by atoms with Crippen molar-refractivity contribution in [2.45, 2.75) is 6.04 Å². The van der Waals surface area contributed by atoms with Crippen LogP contribution in [0, 0.1) is 15.2 Å². The molecule has 1 unspecified atom stereocenters. The van der Waals surface area contributed by atoms with Crippen molar-refractivity contribution in [2.24, 2.45) is 5.84 Å². The molecule has 2 aromatic carbocycles. The summed E-state index contributed by atoms with van der Waals surface area (Å²) in [7, 11) is 1.47. The molecule has 106 valence electrons. The summed E-state index contributed by atoms with van der Waals surface area (Å²) in [5, 5.41) is 0. The summed E-state index contributed by atoms with van der Waals surface area (Å²) in [5.41, 5.74) is 3.65. The van der Waals surface area contributed by atoms with Crippen LogP contribution in [0.4, 0.5) is 8.78 Å². The minimum absolute atomic E-state index is 0.343. The molecule has 0 aliphatic carbocycles. The van der Waals surface area contributed by atoms with E-state index in [1.165, 1.54) is 25.3 Å². The second kappa shape index (κ2) is 6.47. The Kier molecular flexibility index (Phi) is 4.90. The molecule has 3 N–H and O–H groups in total. The number of methoxy groups -OCH3 is 1. The van der Waals surface area contributed by atoms with Gasteiger partial charge in [-0.15, -0.1) is 0 Å². The monoisotopic (exact) mass is 390 g/mol. The van der Waals surface area contributed by atoms with Gasteiger partial charge in [0.1, 0.15) is 17.4 Å². The number of nitrogens with two attached hydrogens (primary N) is 1. The number of hydrogen-bond acceptors (Lipinski definition) is 3. The fourth-order valence-electron chi connectivity index (χ4n) is 1.95. The van der Waals surface area contributed by atoms with Crippen LogP contribution in [0.3, 0.4) is 0 Å². The third-order valence-corrected chi connectivity index (χ3v) is 3.89. The van der Waals surface area contributed by atoms with E-state index in [0.717, 1.165) is 0 Å². The Hall–Kier alpha value is -1.25. The van der Waals surface area contributed by atoms with Crippen LogP contribution < -0.4 is 16.0 Å². The van der Waals surface area contributed by atoms with Crippen molar-refractivity contribution in [1.82, 2.24) is 5.43 Å². The Bertz CT molecular complexity index is 622. The van der Waals surface area contributed by atoms with Crippen LogP contribution in [0.2, 0.25) is 0 Å². The highest BCUT2D eigenvalue weighted by Gasteiger charge is 2.19. The minimum atomic E-state index is -0.562. The van der Waals surface area contributed by atoms with Gasteiger partial charge in [0.25, 0.3) is 0 Å². The van der Waals surface area contributed by atoms with Crippen LogP contribution in [0.5, 0.6) is 5.75 Å². The van der Waals surface area contributed by atoms with Gasteiger partial charge in [0.2, 0.25) is 0 Å². The topological polar surface area (TPSA) is 47.3 Å². The van der Waals surface area contributed by atoms with E-state index in [-0.39, 0.29) is 5.82 Å². The third kappa shape index (κ3) is 3.08. The highest BCUT2D eigenvalue weighted by atomic mass is 127. The number of nitrogens with one attached hydrogen (secondary N) is 1. The van der Waals surface area contributed by atoms with Crippen LogP contribution >= 0.6 is 22.6 Å². The van der Waals surface area contributed by atoms with E-state index in [1.807, 2.05) is 22.6 Å². The Balaban J connectivity index is 2.47. The quantitative estimate of drug-likeness (QED) is 0.479. The van der Waals surface area contributed by atoms with Crippen molar-refractivity contribution in [1.29, 1.82) is 0 Å². The number of hydrogen-bond donors (Lipinski definition) is 2. The van der Waals surface area contributed by atoms with Gasteiger partial charge in [-0.25, -0.2) is 14.2 Å². The maximum absolute atomic E-state index is 14.1. The summed E-state index contributed by atoms with van der Waals surface area (Å²) in [6.45, 7) is 0. The molecule has 0 fully saturated rings. The zero-order chi connectivity index (χ0) is 14.7. The lowest BCUT2D eigenvalue weighted by Crippen LogP contribution is -2.30. The van der Waals surface area contributed by atoms with Crippen LogP contribution in [0.15, 0.2) is 36.4 Å². The number of halogens is 3. The first-order valence-electron chi connectivity index (χ1n) is 5.81. The average Bonchev–Trinajstić information content (AvgIpc) is 2.43. The van der Waals surface area contributed by atoms with Gasteiger partial charge in [-0.3, -0.25) is 5.84 Å². The summed E-state index contributed by atoms with van der Waals surface area (Å²) in [4.78, 5) is 0. The summed E-state index contributed by atoms with van der Waals surface area (Å²) in [6, 6.07) is 8.26. The van der Waals surface area contributed by atoms with Crippen molar-refractivity contribution in [2.75, 3.05) is 7.11 Å². The molecule has 0 aliphatic heterocycles. The Morgan fingerprint density at radius 2 is 1.85 bits per heavy atom. The largest absolute Gasteiger partial charge is 0.497 e. The van der Waals surface area contributed by atoms with E-state index in [2.05, 4.69) is 5.43 Å². The van der Waals surface area contributed by atoms with Crippen molar-refractivity contribution < 1.29 is 13.5 Å². The molecule has 0 heterocycles. The maximum atomic E-state index is 14.1. The molecule has 0 spiro atoms. The van der Waals surface area contributed by atoms with Crippen molar-refractivity contribution in [3.63, 3.8) is 0 Å². The number of benzene rings is 2. The van der Waals surface area contributed by atoms with Gasteiger partial charge in [0, 0.05) is 15.2 Å². The smallest absolute Gasteiger partial charge is 0.132 e. The second-order valence-corrected chi connectivity index (χ2v) is 5.32. The van der Waals surface area contributed by atoms with Gasteiger partial charge >= 0.3 is 0 Å². The summed E-state index contributed by atoms with van der Waals surface area (Å²) < 4.78 is 32.9. The standard InChI is InChI=1S/C14H13F2IN2O/c1-20-9-3-5-10(12(16)7-9)14(19-18)11-4-2-8(15)6-13(11)17/h2-7,14,19H,18H2,1H3. The van der Waals surface area contributed by atoms with Gasteiger partial charge in [0.05, 0.1) is 13.2 Å². The Morgan fingerprint density at radius 3 is 2.40 bits per heavy atom. The molecule has 3 nitrogen and oxygen atoms in total. The number of hydrazine groups is 1. The predicted molar refractivity (Wildman–Crippen MR) is 81.2 cm³/mol. The lowest BCUT2D eigenvalue weighted by atomic mass is 9.98. The van der Waals surface area contributed by atoms with Gasteiger partial charge in [-0.2, -0.15) is 0 Å². The molecular formula is C14H13F2IN2O. The zero-order valence-corrected chi connectivity index (χ0v) is 12.8. The van der Waals surface area contributed by atoms with Gasteiger partial charge < -0.3 is 4.74 Å². The highest BCUT2D eigenvalue weighted by Crippen LogP contribution is 2.29. The van der Waals surface area contributed by atoms with Crippen molar-refractivity contribution in [3.8, 4) is 5.75 Å². The Morgan fingerprint density at radius 1 is 1.15 bits per heavy atom. The maximum Gasteiger partial charge on any atom is 0.132 e. The number of ether oxygens (including phenoxy) is 1. The SMILES string of the molecule is COc1ccc(C(NN)c2ccc(F)cc2I)c(F)c1. The van der Waals surface area contributed by atoms with Crippen molar-refractivity contribution >= 4 is 22.6 Å². The molecule has 0 aromatic heterocycles. The lowest BCUT2D eigenvalue weighted by molar-refractivity contribution is 0.410. The molecule has 0 aliphatic rings. The highest BCUT2D eigenvalue weighted by molar-refractivity contribution is 14.1. The molecule has 0 saturated carbocycles. The first-order valence-corrected chi connectivity index (χ1v) is 6.89. The first-order chi connectivity index (χ1) is 9.56. The molecule has 0 bridgehead atoms. The molecule has 2 aromatic rings. The normalized spacial score (nSPS) is 12.2. The summed E-state index contributed by atoms with van der Waals surface area (Å²) in [6.07, 6.45) is 0. The van der Waals surface area contributed by atoms with Crippen molar-refractivity contribution in [3.05, 3.63) is 62.7 Å². The molecule has 0 radical (unpaired) electrons. The Labute approximate surface area is 129 Å². The van der Waals surface area contributed by atoms with E-state index in [1.54, 1.807) is 18.2 Å². The number of rotatable bonds is 4. The van der Waals surface area contributed by atoms with E-state index in [4.69, 9.17) is 10.6 Å². The van der Waals surface area contributed by atoms with Crippen LogP contribution in [0.1, 0.15) is 17.2 Å². The lowest BCUT2D eigenvalue weighted by Gasteiger charge is -2.19. The molecule has 6 heteroatoms. The van der Waals surface area contributed by atoms with E-state index >= 15 is 0 Å². The van der Waals surface area contributed by atoms with E-state index < -0.39 is 11.9 Å². The molecule has 20 heavy (non-hydrogen) atoms. The van der Waals surface area contributed by atoms with Gasteiger partial charge in [-0.05, 0) is 46.4 Å². The average molecular weight is 390 g/mol. The zero-order valence-electron chi connectivity index (χ0n) is 10.7. The molecule has 1 atom stereocenters. The molecule has 2 rings (SSSR count). The first kappa shape index (κ1) is 15.1. The minimum Gasteiger partial charge on any atom is -0.497 e.